The fraction of sp³-hybridized carbons (Fsp3) is 0.391. The van der Waals surface area contributed by atoms with Crippen LogP contribution >= 0.6 is 0 Å². The minimum Gasteiger partial charge on any atom is -0.366 e. The van der Waals surface area contributed by atoms with Gasteiger partial charge in [-0.25, -0.2) is 0 Å². The highest BCUT2D eigenvalue weighted by Crippen LogP contribution is 2.26. The van der Waals surface area contributed by atoms with Crippen molar-refractivity contribution in [3.05, 3.63) is 59.7 Å². The van der Waals surface area contributed by atoms with Crippen molar-refractivity contribution >= 4 is 12.2 Å². The van der Waals surface area contributed by atoms with Crippen LogP contribution in [0.2, 0.25) is 0 Å². The summed E-state index contributed by atoms with van der Waals surface area (Å²) in [6.45, 7) is 7.89. The molecule has 1 heterocycles. The van der Waals surface area contributed by atoms with Crippen LogP contribution < -0.4 is 0 Å². The van der Waals surface area contributed by atoms with Gasteiger partial charge in [0.1, 0.15) is 12.4 Å². The molecule has 0 radical (unpaired) electrons. The van der Waals surface area contributed by atoms with Crippen LogP contribution in [0.3, 0.4) is 0 Å². The molecule has 148 valence electrons. The number of likely N-dealkylation sites (N-methyl/N-ethyl adjacent to an activating group) is 1. The lowest BCUT2D eigenvalue weighted by Gasteiger charge is -2.34. The van der Waals surface area contributed by atoms with Crippen molar-refractivity contribution in [3.8, 4) is 11.1 Å². The van der Waals surface area contributed by atoms with Crippen LogP contribution in [0.5, 0.6) is 0 Å². The Morgan fingerprint density at radius 1 is 1.18 bits per heavy atom. The van der Waals surface area contributed by atoms with Crippen LogP contribution in [0.4, 0.5) is 0 Å². The van der Waals surface area contributed by atoms with Crippen LogP contribution in [0.15, 0.2) is 48.5 Å². The maximum absolute atomic E-state index is 12.7. The molecule has 0 aromatic heterocycles. The third-order valence-electron chi connectivity index (χ3n) is 5.25. The summed E-state index contributed by atoms with van der Waals surface area (Å²) >= 11 is 0. The lowest BCUT2D eigenvalue weighted by atomic mass is 9.97. The Balaban J connectivity index is 1.80. The number of nitrogens with zero attached hydrogens (tertiary/aromatic N) is 2. The molecule has 0 saturated carbocycles. The second-order valence-electron chi connectivity index (χ2n) is 7.01. The number of amides is 1. The Morgan fingerprint density at radius 3 is 2.61 bits per heavy atom. The Hall–Kier alpha value is -2.50. The standard InChI is InChI=1S/C23H28N2O3/c1-3-25(4-2)23(27)22-16-24(12-13-28-22)15-20-14-18(17-26)10-11-21(20)19-8-6-5-7-9-19/h5-11,14,17,22H,3-4,12-13,15-16H2,1-2H3. The van der Waals surface area contributed by atoms with E-state index < -0.39 is 6.10 Å². The zero-order valence-electron chi connectivity index (χ0n) is 16.6. The van der Waals surface area contributed by atoms with Gasteiger partial charge in [0.15, 0.2) is 0 Å². The molecule has 0 aliphatic carbocycles. The molecule has 0 spiro atoms. The molecule has 1 amide bonds. The van der Waals surface area contributed by atoms with Crippen LogP contribution in [-0.4, -0.2) is 60.9 Å². The molecule has 1 saturated heterocycles. The Labute approximate surface area is 166 Å². The van der Waals surface area contributed by atoms with Gasteiger partial charge in [0, 0.05) is 38.3 Å². The van der Waals surface area contributed by atoms with Crippen LogP contribution in [0, 0.1) is 0 Å². The van der Waals surface area contributed by atoms with E-state index >= 15 is 0 Å². The predicted molar refractivity (Wildman–Crippen MR) is 110 cm³/mol. The van der Waals surface area contributed by atoms with Gasteiger partial charge >= 0.3 is 0 Å². The molecule has 2 aromatic carbocycles. The van der Waals surface area contributed by atoms with Gasteiger partial charge < -0.3 is 9.64 Å². The Morgan fingerprint density at radius 2 is 1.93 bits per heavy atom. The zero-order chi connectivity index (χ0) is 19.9. The number of ether oxygens (including phenoxy) is 1. The van der Waals surface area contributed by atoms with Crippen LogP contribution in [0.1, 0.15) is 29.8 Å². The van der Waals surface area contributed by atoms with Gasteiger partial charge in [0.2, 0.25) is 0 Å². The van der Waals surface area contributed by atoms with Gasteiger partial charge in [-0.1, -0.05) is 42.5 Å². The fourth-order valence-electron chi connectivity index (χ4n) is 3.69. The van der Waals surface area contributed by atoms with Crippen molar-refractivity contribution in [2.24, 2.45) is 0 Å². The first kappa shape index (κ1) is 20.2. The van der Waals surface area contributed by atoms with E-state index in [0.717, 1.165) is 29.5 Å². The van der Waals surface area contributed by atoms with Crippen molar-refractivity contribution in [3.63, 3.8) is 0 Å². The third kappa shape index (κ3) is 4.66. The quantitative estimate of drug-likeness (QED) is 0.692. The first-order chi connectivity index (χ1) is 13.7. The SMILES string of the molecule is CCN(CC)C(=O)C1CN(Cc2cc(C=O)ccc2-c2ccccc2)CCO1. The second kappa shape index (κ2) is 9.62. The van der Waals surface area contributed by atoms with Crippen molar-refractivity contribution in [1.82, 2.24) is 9.80 Å². The highest BCUT2D eigenvalue weighted by Gasteiger charge is 2.29. The fourth-order valence-corrected chi connectivity index (χ4v) is 3.69. The summed E-state index contributed by atoms with van der Waals surface area (Å²) in [7, 11) is 0. The van der Waals surface area contributed by atoms with E-state index in [1.807, 2.05) is 55.1 Å². The van der Waals surface area contributed by atoms with Gasteiger partial charge in [0.05, 0.1) is 6.61 Å². The predicted octanol–water partition coefficient (Wildman–Crippen LogP) is 3.24. The number of morpholine rings is 1. The van der Waals surface area contributed by atoms with E-state index in [1.165, 1.54) is 0 Å². The maximum Gasteiger partial charge on any atom is 0.253 e. The van der Waals surface area contributed by atoms with E-state index in [2.05, 4.69) is 17.0 Å². The zero-order valence-corrected chi connectivity index (χ0v) is 16.6. The van der Waals surface area contributed by atoms with Gasteiger partial charge in [-0.2, -0.15) is 0 Å². The summed E-state index contributed by atoms with van der Waals surface area (Å²) in [6, 6.07) is 16.0. The minimum atomic E-state index is -0.428. The number of carbonyl (C=O) groups excluding carboxylic acids is 2. The van der Waals surface area contributed by atoms with E-state index in [0.29, 0.717) is 38.3 Å². The lowest BCUT2D eigenvalue weighted by Crippen LogP contribution is -2.50. The van der Waals surface area contributed by atoms with Gasteiger partial charge in [0.25, 0.3) is 5.91 Å². The Kier molecular flexibility index (Phi) is 6.95. The molecular formula is C23H28N2O3. The molecule has 0 bridgehead atoms. The summed E-state index contributed by atoms with van der Waals surface area (Å²) in [4.78, 5) is 28.0. The smallest absolute Gasteiger partial charge is 0.253 e. The second-order valence-corrected chi connectivity index (χ2v) is 7.01. The molecule has 1 atom stereocenters. The third-order valence-corrected chi connectivity index (χ3v) is 5.25. The highest BCUT2D eigenvalue weighted by molar-refractivity contribution is 5.81. The molecule has 5 heteroatoms. The number of rotatable bonds is 7. The molecule has 1 aliphatic heterocycles. The van der Waals surface area contributed by atoms with E-state index in [4.69, 9.17) is 4.74 Å². The monoisotopic (exact) mass is 380 g/mol. The first-order valence-corrected chi connectivity index (χ1v) is 9.92. The molecular weight excluding hydrogens is 352 g/mol. The molecule has 0 N–H and O–H groups in total. The lowest BCUT2D eigenvalue weighted by molar-refractivity contribution is -0.149. The number of hydrogen-bond donors (Lipinski definition) is 0. The first-order valence-electron chi connectivity index (χ1n) is 9.92. The van der Waals surface area contributed by atoms with E-state index in [9.17, 15) is 9.59 Å². The van der Waals surface area contributed by atoms with Crippen molar-refractivity contribution < 1.29 is 14.3 Å². The number of hydrogen-bond acceptors (Lipinski definition) is 4. The number of aldehydes is 1. The highest BCUT2D eigenvalue weighted by atomic mass is 16.5. The van der Waals surface area contributed by atoms with Gasteiger partial charge in [-0.05, 0) is 36.6 Å². The molecule has 1 aliphatic rings. The summed E-state index contributed by atoms with van der Waals surface area (Å²) in [5, 5.41) is 0. The van der Waals surface area contributed by atoms with Crippen LogP contribution in [-0.2, 0) is 16.1 Å². The largest absolute Gasteiger partial charge is 0.366 e. The molecule has 2 aromatic rings. The van der Waals surface area contributed by atoms with Crippen molar-refractivity contribution in [2.45, 2.75) is 26.5 Å². The average Bonchev–Trinajstić information content (AvgIpc) is 2.75. The van der Waals surface area contributed by atoms with Gasteiger partial charge in [-0.3, -0.25) is 14.5 Å². The van der Waals surface area contributed by atoms with E-state index in [-0.39, 0.29) is 5.91 Å². The number of benzene rings is 2. The molecule has 1 fully saturated rings. The summed E-state index contributed by atoms with van der Waals surface area (Å²) < 4.78 is 5.76. The maximum atomic E-state index is 12.7. The molecule has 1 unspecified atom stereocenters. The van der Waals surface area contributed by atoms with Crippen LogP contribution in [0.25, 0.3) is 11.1 Å². The minimum absolute atomic E-state index is 0.0552. The Bertz CT molecular complexity index is 803. The van der Waals surface area contributed by atoms with E-state index in [1.54, 1.807) is 0 Å². The summed E-state index contributed by atoms with van der Waals surface area (Å²) in [5.74, 6) is 0.0552. The molecule has 28 heavy (non-hydrogen) atoms. The average molecular weight is 380 g/mol. The topological polar surface area (TPSA) is 49.9 Å². The van der Waals surface area contributed by atoms with Crippen molar-refractivity contribution in [2.75, 3.05) is 32.8 Å². The molecule has 5 nitrogen and oxygen atoms in total. The molecule has 3 rings (SSSR count). The number of carbonyl (C=O) groups is 2. The summed E-state index contributed by atoms with van der Waals surface area (Å²) in [6.07, 6.45) is 0.452. The van der Waals surface area contributed by atoms with Crippen molar-refractivity contribution in [1.29, 1.82) is 0 Å². The summed E-state index contributed by atoms with van der Waals surface area (Å²) in [5.41, 5.74) is 3.99. The van der Waals surface area contributed by atoms with Gasteiger partial charge in [-0.15, -0.1) is 0 Å². The normalized spacial score (nSPS) is 17.3.